The van der Waals surface area contributed by atoms with E-state index in [1.54, 1.807) is 17.5 Å². The lowest BCUT2D eigenvalue weighted by Crippen LogP contribution is -2.44. The van der Waals surface area contributed by atoms with Gasteiger partial charge in [-0.3, -0.25) is 5.10 Å². The summed E-state index contributed by atoms with van der Waals surface area (Å²) in [7, 11) is -1.67. The highest BCUT2D eigenvalue weighted by molar-refractivity contribution is 7.89. The van der Waals surface area contributed by atoms with Crippen LogP contribution in [0.5, 0.6) is 0 Å². The number of H-pyrrole nitrogens is 1. The maximum atomic E-state index is 12.9. The molecule has 1 fully saturated rings. The van der Waals surface area contributed by atoms with E-state index in [1.807, 2.05) is 0 Å². The Labute approximate surface area is 121 Å². The fourth-order valence-corrected chi connectivity index (χ4v) is 4.70. The highest BCUT2D eigenvalue weighted by atomic mass is 32.2. The van der Waals surface area contributed by atoms with Gasteiger partial charge in [0.25, 0.3) is 10.0 Å². The topological polar surface area (TPSA) is 78.1 Å². The molecule has 1 aliphatic rings. The van der Waals surface area contributed by atoms with Crippen molar-refractivity contribution in [2.45, 2.75) is 56.6 Å². The second-order valence-electron chi connectivity index (χ2n) is 5.31. The summed E-state index contributed by atoms with van der Waals surface area (Å²) in [4.78, 5) is 0. The van der Waals surface area contributed by atoms with Crippen molar-refractivity contribution in [3.05, 3.63) is 11.8 Å². The molecule has 0 spiro atoms. The number of nitrogens with one attached hydrogen (secondary N) is 2. The van der Waals surface area contributed by atoms with Gasteiger partial charge in [-0.1, -0.05) is 19.8 Å². The molecule has 0 radical (unpaired) electrons. The fraction of sp³-hybridized carbons (Fsp3) is 0.769. The molecule has 0 aromatic carbocycles. The lowest BCUT2D eigenvalue weighted by Gasteiger charge is -2.34. The van der Waals surface area contributed by atoms with Crippen LogP contribution in [0, 0.1) is 0 Å². The van der Waals surface area contributed by atoms with Crippen LogP contribution in [0.25, 0.3) is 0 Å². The number of hydrogen-bond donors (Lipinski definition) is 2. The van der Waals surface area contributed by atoms with Crippen molar-refractivity contribution in [2.24, 2.45) is 0 Å². The molecule has 1 unspecified atom stereocenters. The van der Waals surface area contributed by atoms with Gasteiger partial charge in [0.1, 0.15) is 0 Å². The summed E-state index contributed by atoms with van der Waals surface area (Å²) in [6.07, 6.45) is 6.53. The van der Waals surface area contributed by atoms with Gasteiger partial charge >= 0.3 is 0 Å². The van der Waals surface area contributed by atoms with Crippen molar-refractivity contribution >= 4 is 10.0 Å². The van der Waals surface area contributed by atoms with Crippen LogP contribution in [-0.2, 0) is 16.6 Å². The van der Waals surface area contributed by atoms with E-state index in [4.69, 9.17) is 0 Å². The smallest absolute Gasteiger partial charge is 0.260 e. The van der Waals surface area contributed by atoms with E-state index in [9.17, 15) is 8.42 Å². The minimum atomic E-state index is -3.47. The Morgan fingerprint density at radius 1 is 1.50 bits per heavy atom. The Kier molecular flexibility index (Phi) is 5.17. The number of rotatable bonds is 6. The van der Waals surface area contributed by atoms with E-state index < -0.39 is 10.0 Å². The third-order valence-corrected chi connectivity index (χ3v) is 5.77. The molecule has 114 valence electrons. The summed E-state index contributed by atoms with van der Waals surface area (Å²) in [5, 5.41) is 9.80. The van der Waals surface area contributed by atoms with Crippen molar-refractivity contribution in [3.63, 3.8) is 0 Å². The zero-order valence-electron chi connectivity index (χ0n) is 12.2. The molecular formula is C13H24N4O2S. The lowest BCUT2D eigenvalue weighted by molar-refractivity contribution is 0.239. The lowest BCUT2D eigenvalue weighted by atomic mass is 10.0. The second kappa shape index (κ2) is 6.69. The van der Waals surface area contributed by atoms with E-state index in [-0.39, 0.29) is 11.1 Å². The molecule has 20 heavy (non-hydrogen) atoms. The highest BCUT2D eigenvalue weighted by Crippen LogP contribution is 2.28. The quantitative estimate of drug-likeness (QED) is 0.834. The maximum absolute atomic E-state index is 12.9. The van der Waals surface area contributed by atoms with Gasteiger partial charge in [0.2, 0.25) is 0 Å². The number of sulfonamides is 1. The molecular weight excluding hydrogens is 276 g/mol. The van der Waals surface area contributed by atoms with Crippen LogP contribution >= 0.6 is 0 Å². The van der Waals surface area contributed by atoms with Crippen molar-refractivity contribution in [1.29, 1.82) is 0 Å². The van der Waals surface area contributed by atoms with Crippen LogP contribution in [0.1, 0.15) is 44.6 Å². The molecule has 1 aromatic heterocycles. The van der Waals surface area contributed by atoms with Crippen LogP contribution in [0.3, 0.4) is 0 Å². The summed E-state index contributed by atoms with van der Waals surface area (Å²) in [6, 6.07) is 0.129. The minimum Gasteiger partial charge on any atom is -0.316 e. The van der Waals surface area contributed by atoms with Gasteiger partial charge in [0.05, 0.1) is 6.20 Å². The summed E-state index contributed by atoms with van der Waals surface area (Å²) in [5.74, 6) is 0. The number of piperidine rings is 1. The predicted molar refractivity (Wildman–Crippen MR) is 77.8 cm³/mol. The number of aromatic nitrogens is 2. The molecule has 1 atom stereocenters. The van der Waals surface area contributed by atoms with Crippen molar-refractivity contribution in [3.8, 4) is 0 Å². The van der Waals surface area contributed by atoms with E-state index in [1.165, 1.54) is 0 Å². The Morgan fingerprint density at radius 2 is 2.30 bits per heavy atom. The molecule has 0 aliphatic carbocycles. The van der Waals surface area contributed by atoms with Crippen molar-refractivity contribution < 1.29 is 8.42 Å². The van der Waals surface area contributed by atoms with Gasteiger partial charge in [-0.2, -0.15) is 9.40 Å². The zero-order chi connectivity index (χ0) is 14.6. The summed E-state index contributed by atoms with van der Waals surface area (Å²) >= 11 is 0. The number of aromatic amines is 1. The molecule has 1 saturated heterocycles. The Bertz CT molecular complexity index is 524. The van der Waals surface area contributed by atoms with E-state index in [0.29, 0.717) is 18.7 Å². The Morgan fingerprint density at radius 3 is 3.00 bits per heavy atom. The van der Waals surface area contributed by atoms with E-state index >= 15 is 0 Å². The summed E-state index contributed by atoms with van der Waals surface area (Å²) in [5.41, 5.74) is 0.702. The van der Waals surface area contributed by atoms with Gasteiger partial charge in [-0.05, 0) is 26.3 Å². The first-order valence-corrected chi connectivity index (χ1v) is 8.74. The Hall–Kier alpha value is -0.920. The first-order chi connectivity index (χ1) is 9.61. The molecule has 2 rings (SSSR count). The normalized spacial score (nSPS) is 21.2. The van der Waals surface area contributed by atoms with Crippen LogP contribution in [0.4, 0.5) is 0 Å². The van der Waals surface area contributed by atoms with Gasteiger partial charge in [0.15, 0.2) is 5.03 Å². The predicted octanol–water partition coefficient (Wildman–Crippen LogP) is 1.47. The first-order valence-electron chi connectivity index (χ1n) is 7.30. The molecule has 7 heteroatoms. The molecule has 0 saturated carbocycles. The molecule has 6 nitrogen and oxygen atoms in total. The number of nitrogens with zero attached hydrogens (tertiary/aromatic N) is 2. The largest absolute Gasteiger partial charge is 0.316 e. The fourth-order valence-electron chi connectivity index (χ4n) is 2.87. The third kappa shape index (κ3) is 3.05. The molecule has 0 bridgehead atoms. The molecule has 2 N–H and O–H groups in total. The van der Waals surface area contributed by atoms with Crippen LogP contribution < -0.4 is 5.32 Å². The van der Waals surface area contributed by atoms with Gasteiger partial charge in [-0.15, -0.1) is 0 Å². The summed E-state index contributed by atoms with van der Waals surface area (Å²) < 4.78 is 27.4. The average Bonchev–Trinajstić information content (AvgIpc) is 2.89. The second-order valence-corrected chi connectivity index (χ2v) is 7.14. The number of hydrogen-bond acceptors (Lipinski definition) is 4. The maximum Gasteiger partial charge on any atom is 0.260 e. The van der Waals surface area contributed by atoms with Gasteiger partial charge < -0.3 is 5.32 Å². The van der Waals surface area contributed by atoms with Gasteiger partial charge in [-0.25, -0.2) is 8.42 Å². The molecule has 1 aliphatic heterocycles. The molecule has 1 aromatic rings. The SMILES string of the molecule is CCCC1CCCCN1S(=O)(=O)c1[nH]ncc1CNC. The molecule has 0 amide bonds. The third-order valence-electron chi connectivity index (χ3n) is 3.81. The minimum absolute atomic E-state index is 0.129. The highest BCUT2D eigenvalue weighted by Gasteiger charge is 2.35. The Balaban J connectivity index is 2.29. The first kappa shape index (κ1) is 15.5. The van der Waals surface area contributed by atoms with Crippen molar-refractivity contribution in [2.75, 3.05) is 13.6 Å². The van der Waals surface area contributed by atoms with E-state index in [2.05, 4.69) is 22.4 Å². The summed E-state index contributed by atoms with van der Waals surface area (Å²) in [6.45, 7) is 3.21. The molecule has 2 heterocycles. The van der Waals surface area contributed by atoms with Crippen LogP contribution in [0.15, 0.2) is 11.2 Å². The standard InChI is InChI=1S/C13H24N4O2S/c1-3-6-12-7-4-5-8-17(12)20(18,19)13-11(9-14-2)10-15-16-13/h10,12,14H,3-9H2,1-2H3,(H,15,16). The van der Waals surface area contributed by atoms with Crippen molar-refractivity contribution in [1.82, 2.24) is 19.8 Å². The zero-order valence-corrected chi connectivity index (χ0v) is 13.0. The van der Waals surface area contributed by atoms with Gasteiger partial charge in [0, 0.05) is 24.7 Å². The monoisotopic (exact) mass is 300 g/mol. The average molecular weight is 300 g/mol. The van der Waals surface area contributed by atoms with Crippen LogP contribution in [0.2, 0.25) is 0 Å². The van der Waals surface area contributed by atoms with Crippen LogP contribution in [-0.4, -0.2) is 42.6 Å². The van der Waals surface area contributed by atoms with E-state index in [0.717, 1.165) is 32.1 Å².